The van der Waals surface area contributed by atoms with Crippen molar-refractivity contribution in [3.05, 3.63) is 0 Å². The Morgan fingerprint density at radius 2 is 2.05 bits per heavy atom. The normalized spacial score (nSPS) is 26.6. The summed E-state index contributed by atoms with van der Waals surface area (Å²) < 4.78 is 5.80. The lowest BCUT2D eigenvalue weighted by Gasteiger charge is -2.38. The maximum absolute atomic E-state index is 12.2. The lowest BCUT2D eigenvalue weighted by Crippen LogP contribution is -2.52. The second-order valence-electron chi connectivity index (χ2n) is 5.77. The average molecular weight is 269 g/mol. The maximum atomic E-state index is 12.2. The summed E-state index contributed by atoms with van der Waals surface area (Å²) in [5.74, 6) is 0.245. The SMILES string of the molecule is CC1CN(C)CCN1C(=O)CCOC1CCNCC1. The van der Waals surface area contributed by atoms with Gasteiger partial charge in [0.05, 0.1) is 19.1 Å². The second kappa shape index (κ2) is 7.22. The first kappa shape index (κ1) is 14.8. The number of nitrogens with zero attached hydrogens (tertiary/aromatic N) is 2. The van der Waals surface area contributed by atoms with Crippen LogP contribution in [0.2, 0.25) is 0 Å². The third-order valence-electron chi connectivity index (χ3n) is 4.11. The Balaban J connectivity index is 1.66. The van der Waals surface area contributed by atoms with Crippen LogP contribution in [0.1, 0.15) is 26.2 Å². The molecule has 0 bridgehead atoms. The van der Waals surface area contributed by atoms with Crippen LogP contribution in [0.4, 0.5) is 0 Å². The maximum Gasteiger partial charge on any atom is 0.225 e. The van der Waals surface area contributed by atoms with Crippen molar-refractivity contribution in [2.24, 2.45) is 0 Å². The summed E-state index contributed by atoms with van der Waals surface area (Å²) in [6.45, 7) is 7.57. The Hall–Kier alpha value is -0.650. The molecule has 2 aliphatic heterocycles. The predicted molar refractivity (Wildman–Crippen MR) is 75.1 cm³/mol. The summed E-state index contributed by atoms with van der Waals surface area (Å²) >= 11 is 0. The minimum absolute atomic E-state index is 0.245. The molecule has 1 atom stereocenters. The second-order valence-corrected chi connectivity index (χ2v) is 5.77. The molecule has 0 aromatic rings. The zero-order chi connectivity index (χ0) is 13.7. The monoisotopic (exact) mass is 269 g/mol. The van der Waals surface area contributed by atoms with Crippen LogP contribution in [0.3, 0.4) is 0 Å². The van der Waals surface area contributed by atoms with E-state index in [-0.39, 0.29) is 5.91 Å². The van der Waals surface area contributed by atoms with Crippen molar-refractivity contribution in [1.29, 1.82) is 0 Å². The van der Waals surface area contributed by atoms with Gasteiger partial charge in [0.2, 0.25) is 5.91 Å². The number of carbonyl (C=O) groups excluding carboxylic acids is 1. The van der Waals surface area contributed by atoms with Crippen molar-refractivity contribution in [1.82, 2.24) is 15.1 Å². The molecule has 0 spiro atoms. The van der Waals surface area contributed by atoms with Gasteiger partial charge < -0.3 is 19.9 Å². The number of nitrogens with one attached hydrogen (secondary N) is 1. The zero-order valence-electron chi connectivity index (χ0n) is 12.2. The Morgan fingerprint density at radius 1 is 1.32 bits per heavy atom. The van der Waals surface area contributed by atoms with Crippen LogP contribution in [-0.4, -0.2) is 74.2 Å². The molecule has 2 rings (SSSR count). The molecule has 2 heterocycles. The van der Waals surface area contributed by atoms with Crippen LogP contribution < -0.4 is 5.32 Å². The molecule has 5 nitrogen and oxygen atoms in total. The number of hydrogen-bond donors (Lipinski definition) is 1. The summed E-state index contributed by atoms with van der Waals surface area (Å²) in [5.41, 5.74) is 0. The minimum Gasteiger partial charge on any atom is -0.378 e. The van der Waals surface area contributed by atoms with Crippen molar-refractivity contribution in [2.45, 2.75) is 38.3 Å². The van der Waals surface area contributed by atoms with Crippen LogP contribution >= 0.6 is 0 Å². The molecule has 0 radical (unpaired) electrons. The molecule has 0 aromatic heterocycles. The van der Waals surface area contributed by atoms with E-state index in [4.69, 9.17) is 4.74 Å². The largest absolute Gasteiger partial charge is 0.378 e. The molecule has 1 unspecified atom stereocenters. The van der Waals surface area contributed by atoms with Crippen molar-refractivity contribution < 1.29 is 9.53 Å². The average Bonchev–Trinajstić information content (AvgIpc) is 2.39. The van der Waals surface area contributed by atoms with Crippen LogP contribution in [0.5, 0.6) is 0 Å². The number of piperidine rings is 1. The summed E-state index contributed by atoms with van der Waals surface area (Å²) in [5, 5.41) is 3.32. The molecule has 0 aromatic carbocycles. The minimum atomic E-state index is 0.245. The van der Waals surface area contributed by atoms with Crippen LogP contribution in [-0.2, 0) is 9.53 Å². The molecule has 5 heteroatoms. The highest BCUT2D eigenvalue weighted by atomic mass is 16.5. The Labute approximate surface area is 116 Å². The number of likely N-dealkylation sites (N-methyl/N-ethyl adjacent to an activating group) is 1. The van der Waals surface area contributed by atoms with Crippen molar-refractivity contribution >= 4 is 5.91 Å². The molecule has 1 N–H and O–H groups in total. The van der Waals surface area contributed by atoms with Crippen LogP contribution in [0.25, 0.3) is 0 Å². The molecule has 19 heavy (non-hydrogen) atoms. The first-order valence-corrected chi connectivity index (χ1v) is 7.47. The van der Waals surface area contributed by atoms with E-state index in [1.165, 1.54) is 0 Å². The fourth-order valence-electron chi connectivity index (χ4n) is 2.93. The number of piperazine rings is 1. The number of ether oxygens (including phenoxy) is 1. The quantitative estimate of drug-likeness (QED) is 0.798. The van der Waals surface area contributed by atoms with E-state index in [0.29, 0.717) is 25.2 Å². The molecular formula is C14H27N3O2. The van der Waals surface area contributed by atoms with Gasteiger partial charge in [-0.1, -0.05) is 0 Å². The standard InChI is InChI=1S/C14H27N3O2/c1-12-11-16(2)8-9-17(12)14(18)5-10-19-13-3-6-15-7-4-13/h12-13,15H,3-11H2,1-2H3. The topological polar surface area (TPSA) is 44.8 Å². The number of hydrogen-bond acceptors (Lipinski definition) is 4. The molecule has 0 aliphatic carbocycles. The molecule has 2 saturated heterocycles. The van der Waals surface area contributed by atoms with Crippen molar-refractivity contribution in [2.75, 3.05) is 46.4 Å². The summed E-state index contributed by atoms with van der Waals surface area (Å²) in [4.78, 5) is 16.5. The Morgan fingerprint density at radius 3 is 2.74 bits per heavy atom. The Kier molecular flexibility index (Phi) is 5.60. The first-order valence-electron chi connectivity index (χ1n) is 7.47. The van der Waals surface area contributed by atoms with Gasteiger partial charge in [-0.2, -0.15) is 0 Å². The first-order chi connectivity index (χ1) is 9.16. The van der Waals surface area contributed by atoms with E-state index in [9.17, 15) is 4.79 Å². The van der Waals surface area contributed by atoms with E-state index >= 15 is 0 Å². The van der Waals surface area contributed by atoms with Crippen molar-refractivity contribution in [3.8, 4) is 0 Å². The van der Waals surface area contributed by atoms with E-state index in [0.717, 1.165) is 45.6 Å². The van der Waals surface area contributed by atoms with Crippen molar-refractivity contribution in [3.63, 3.8) is 0 Å². The third-order valence-corrected chi connectivity index (χ3v) is 4.11. The molecule has 1 amide bonds. The van der Waals surface area contributed by atoms with Crippen LogP contribution in [0.15, 0.2) is 0 Å². The highest BCUT2D eigenvalue weighted by Crippen LogP contribution is 2.11. The molecule has 2 fully saturated rings. The van der Waals surface area contributed by atoms with E-state index in [1.54, 1.807) is 0 Å². The summed E-state index contributed by atoms with van der Waals surface area (Å²) in [6, 6.07) is 0.324. The number of carbonyl (C=O) groups is 1. The van der Waals surface area contributed by atoms with Gasteiger partial charge in [0.25, 0.3) is 0 Å². The molecule has 2 aliphatic rings. The molecular weight excluding hydrogens is 242 g/mol. The van der Waals surface area contributed by atoms with E-state index in [1.807, 2.05) is 4.90 Å². The lowest BCUT2D eigenvalue weighted by molar-refractivity contribution is -0.137. The molecule has 0 saturated carbocycles. The van der Waals surface area contributed by atoms with Gasteiger partial charge in [-0.3, -0.25) is 4.79 Å². The fourth-order valence-corrected chi connectivity index (χ4v) is 2.93. The smallest absolute Gasteiger partial charge is 0.225 e. The highest BCUT2D eigenvalue weighted by molar-refractivity contribution is 5.76. The zero-order valence-corrected chi connectivity index (χ0v) is 12.2. The summed E-state index contributed by atoms with van der Waals surface area (Å²) in [7, 11) is 2.11. The van der Waals surface area contributed by atoms with Gasteiger partial charge in [0.15, 0.2) is 0 Å². The summed E-state index contributed by atoms with van der Waals surface area (Å²) in [6.07, 6.45) is 3.01. The van der Waals surface area contributed by atoms with Gasteiger partial charge in [-0.15, -0.1) is 0 Å². The highest BCUT2D eigenvalue weighted by Gasteiger charge is 2.25. The lowest BCUT2D eigenvalue weighted by atomic mass is 10.1. The number of amides is 1. The van der Waals surface area contributed by atoms with Gasteiger partial charge in [-0.05, 0) is 39.9 Å². The van der Waals surface area contributed by atoms with E-state index in [2.05, 4.69) is 24.2 Å². The fraction of sp³-hybridized carbons (Fsp3) is 0.929. The van der Waals surface area contributed by atoms with Crippen LogP contribution in [0, 0.1) is 0 Å². The third kappa shape index (κ3) is 4.44. The van der Waals surface area contributed by atoms with E-state index < -0.39 is 0 Å². The van der Waals surface area contributed by atoms with Gasteiger partial charge in [-0.25, -0.2) is 0 Å². The molecule has 110 valence electrons. The van der Waals surface area contributed by atoms with Gasteiger partial charge >= 0.3 is 0 Å². The Bertz CT molecular complexity index is 292. The predicted octanol–water partition coefficient (Wildman–Crippen LogP) is 0.308. The van der Waals surface area contributed by atoms with Gasteiger partial charge in [0, 0.05) is 25.7 Å². The van der Waals surface area contributed by atoms with Gasteiger partial charge in [0.1, 0.15) is 0 Å². The number of rotatable bonds is 4.